The number of imidazole rings is 2. The maximum Gasteiger partial charge on any atom is 0.227 e. The summed E-state index contributed by atoms with van der Waals surface area (Å²) in [6.07, 6.45) is 4.59. The first kappa shape index (κ1) is 31.9. The number of nitrogens with zero attached hydrogens (tertiary/aromatic N) is 4. The van der Waals surface area contributed by atoms with Crippen molar-refractivity contribution in [3.63, 3.8) is 0 Å². The van der Waals surface area contributed by atoms with Crippen molar-refractivity contribution in [2.75, 3.05) is 13.1 Å². The summed E-state index contributed by atoms with van der Waals surface area (Å²) >= 11 is 0. The minimum Gasteiger partial charge on any atom is -0.340 e. The lowest BCUT2D eigenvalue weighted by molar-refractivity contribution is -0.132. The Morgan fingerprint density at radius 2 is 0.942 bits per heavy atom. The Labute approximate surface area is 302 Å². The van der Waals surface area contributed by atoms with Crippen molar-refractivity contribution in [3.05, 3.63) is 144 Å². The molecule has 2 fully saturated rings. The first-order valence-electron chi connectivity index (χ1n) is 18.3. The topological polar surface area (TPSA) is 98.0 Å². The van der Waals surface area contributed by atoms with Gasteiger partial charge in [0.1, 0.15) is 11.6 Å². The molecule has 0 radical (unpaired) electrons. The Morgan fingerprint density at radius 3 is 1.37 bits per heavy atom. The predicted molar refractivity (Wildman–Crippen MR) is 204 cm³/mol. The number of aromatic nitrogens is 4. The number of likely N-dealkylation sites (tertiary alicyclic amines) is 2. The Kier molecular flexibility index (Phi) is 8.35. The van der Waals surface area contributed by atoms with Crippen molar-refractivity contribution in [2.24, 2.45) is 0 Å². The lowest BCUT2D eigenvalue weighted by Crippen LogP contribution is -2.32. The lowest BCUT2D eigenvalue weighted by atomic mass is 10.00. The molecule has 2 aromatic heterocycles. The second-order valence-corrected chi connectivity index (χ2v) is 14.1. The predicted octanol–water partition coefficient (Wildman–Crippen LogP) is 8.59. The van der Waals surface area contributed by atoms with Crippen LogP contribution in [0.4, 0.5) is 0 Å². The van der Waals surface area contributed by atoms with Gasteiger partial charge in [0.05, 0.1) is 47.0 Å². The molecule has 2 N–H and O–H groups in total. The fourth-order valence-corrected chi connectivity index (χ4v) is 8.03. The van der Waals surface area contributed by atoms with Crippen LogP contribution in [-0.2, 0) is 22.4 Å². The number of nitrogens with one attached hydrogen (secondary N) is 2. The second kappa shape index (κ2) is 13.6. The van der Waals surface area contributed by atoms with Crippen molar-refractivity contribution < 1.29 is 9.59 Å². The average molecular weight is 685 g/mol. The first-order chi connectivity index (χ1) is 25.6. The fraction of sp³-hybridized carbons (Fsp3) is 0.227. The van der Waals surface area contributed by atoms with Gasteiger partial charge >= 0.3 is 0 Å². The van der Waals surface area contributed by atoms with Crippen LogP contribution in [0, 0.1) is 0 Å². The molecule has 2 unspecified atom stereocenters. The van der Waals surface area contributed by atoms with Crippen molar-refractivity contribution >= 4 is 33.9 Å². The summed E-state index contributed by atoms with van der Waals surface area (Å²) in [5.74, 6) is 2.01. The van der Waals surface area contributed by atoms with E-state index in [2.05, 4.69) is 70.6 Å². The number of amides is 2. The van der Waals surface area contributed by atoms with E-state index in [1.54, 1.807) is 0 Å². The third kappa shape index (κ3) is 6.25. The molecular formula is C44H40N6O2. The molecule has 8 heteroatoms. The quantitative estimate of drug-likeness (QED) is 0.168. The van der Waals surface area contributed by atoms with Gasteiger partial charge in [0.25, 0.3) is 0 Å². The SMILES string of the molecule is O=C(Cc1ccccc1)N1CCCC1c1nc2ccc(-c3ccc(-c4ccc5nc(C6CCCN6C(=O)Cc6ccccc6)[nH]c5c4)cc3)cc2[nH]1. The molecule has 5 aromatic carbocycles. The number of rotatable bonds is 8. The van der Waals surface area contributed by atoms with E-state index in [1.165, 1.54) is 0 Å². The van der Waals surface area contributed by atoms with Crippen LogP contribution < -0.4 is 0 Å². The molecule has 2 aliphatic rings. The number of hydrogen-bond acceptors (Lipinski definition) is 4. The lowest BCUT2D eigenvalue weighted by Gasteiger charge is -2.23. The van der Waals surface area contributed by atoms with Gasteiger partial charge < -0.3 is 19.8 Å². The highest BCUT2D eigenvalue weighted by molar-refractivity contribution is 5.85. The van der Waals surface area contributed by atoms with E-state index in [0.29, 0.717) is 12.8 Å². The molecule has 0 saturated carbocycles. The molecule has 258 valence electrons. The number of aromatic amines is 2. The molecular weight excluding hydrogens is 645 g/mol. The third-order valence-corrected chi connectivity index (χ3v) is 10.7. The van der Waals surface area contributed by atoms with E-state index < -0.39 is 0 Å². The van der Waals surface area contributed by atoms with Crippen molar-refractivity contribution in [1.82, 2.24) is 29.7 Å². The maximum absolute atomic E-state index is 13.3. The van der Waals surface area contributed by atoms with Gasteiger partial charge in [-0.15, -0.1) is 0 Å². The highest BCUT2D eigenvalue weighted by atomic mass is 16.2. The standard InChI is InChI=1S/C44H40N6O2/c51-41(25-29-9-3-1-4-10-29)49-23-7-13-39(49)43-45-35-21-19-33(27-37(35)47-43)31-15-17-32(18-16-31)34-20-22-36-38(28-34)48-44(46-36)40-14-8-24-50(40)42(52)26-30-11-5-2-6-12-30/h1-6,9-12,15-22,27-28,39-40H,7-8,13-14,23-26H2,(H,45,47)(H,46,48). The highest BCUT2D eigenvalue weighted by Gasteiger charge is 2.33. The van der Waals surface area contributed by atoms with E-state index in [4.69, 9.17) is 9.97 Å². The Balaban J connectivity index is 0.902. The van der Waals surface area contributed by atoms with Gasteiger partial charge in [0.2, 0.25) is 11.8 Å². The second-order valence-electron chi connectivity index (χ2n) is 14.1. The minimum absolute atomic E-state index is 0.0335. The summed E-state index contributed by atoms with van der Waals surface area (Å²) in [5, 5.41) is 0. The summed E-state index contributed by atoms with van der Waals surface area (Å²) in [5.41, 5.74) is 10.3. The van der Waals surface area contributed by atoms with E-state index in [9.17, 15) is 9.59 Å². The van der Waals surface area contributed by atoms with Crippen LogP contribution in [0.3, 0.4) is 0 Å². The Hall–Kier alpha value is -6.02. The van der Waals surface area contributed by atoms with Gasteiger partial charge in [-0.25, -0.2) is 9.97 Å². The zero-order chi connectivity index (χ0) is 35.0. The molecule has 9 rings (SSSR count). The Bertz CT molecular complexity index is 2210. The maximum atomic E-state index is 13.3. The molecule has 4 heterocycles. The first-order valence-corrected chi connectivity index (χ1v) is 18.3. The Morgan fingerprint density at radius 1 is 0.538 bits per heavy atom. The van der Waals surface area contributed by atoms with E-state index in [0.717, 1.165) is 106 Å². The summed E-state index contributed by atoms with van der Waals surface area (Å²) in [7, 11) is 0. The van der Waals surface area contributed by atoms with Gasteiger partial charge in [0.15, 0.2) is 0 Å². The van der Waals surface area contributed by atoms with E-state index in [-0.39, 0.29) is 23.9 Å². The molecule has 0 bridgehead atoms. The zero-order valence-corrected chi connectivity index (χ0v) is 29.0. The smallest absolute Gasteiger partial charge is 0.227 e. The van der Waals surface area contributed by atoms with Crippen molar-refractivity contribution in [2.45, 2.75) is 50.6 Å². The monoisotopic (exact) mass is 684 g/mol. The van der Waals surface area contributed by atoms with Gasteiger partial charge in [-0.3, -0.25) is 9.59 Å². The number of fused-ring (bicyclic) bond motifs is 2. The number of benzene rings is 5. The van der Waals surface area contributed by atoms with Crippen molar-refractivity contribution in [1.29, 1.82) is 0 Å². The van der Waals surface area contributed by atoms with Crippen LogP contribution in [0.15, 0.2) is 121 Å². The largest absolute Gasteiger partial charge is 0.340 e. The van der Waals surface area contributed by atoms with Crippen LogP contribution in [0.1, 0.15) is 60.5 Å². The normalized spacial score (nSPS) is 17.4. The number of carbonyl (C=O) groups is 2. The zero-order valence-electron chi connectivity index (χ0n) is 29.0. The number of H-pyrrole nitrogens is 2. The van der Waals surface area contributed by atoms with E-state index in [1.807, 2.05) is 70.5 Å². The molecule has 2 atom stereocenters. The summed E-state index contributed by atoms with van der Waals surface area (Å²) in [6, 6.07) is 41.1. The molecule has 2 saturated heterocycles. The molecule has 2 amide bonds. The van der Waals surface area contributed by atoms with Crippen LogP contribution in [-0.4, -0.2) is 54.6 Å². The summed E-state index contributed by atoms with van der Waals surface area (Å²) in [4.78, 5) is 47.5. The van der Waals surface area contributed by atoms with Gasteiger partial charge in [-0.1, -0.05) is 97.1 Å². The average Bonchev–Trinajstić information content (AvgIpc) is 4.00. The van der Waals surface area contributed by atoms with E-state index >= 15 is 0 Å². The molecule has 0 spiro atoms. The molecule has 0 aliphatic carbocycles. The molecule has 2 aliphatic heterocycles. The molecule has 7 aromatic rings. The number of carbonyl (C=O) groups excluding carboxylic acids is 2. The minimum atomic E-state index is -0.0335. The van der Waals surface area contributed by atoms with Crippen LogP contribution in [0.5, 0.6) is 0 Å². The number of hydrogen-bond donors (Lipinski definition) is 2. The van der Waals surface area contributed by atoms with Crippen molar-refractivity contribution in [3.8, 4) is 22.3 Å². The molecule has 8 nitrogen and oxygen atoms in total. The van der Waals surface area contributed by atoms with Gasteiger partial charge in [0, 0.05) is 13.1 Å². The third-order valence-electron chi connectivity index (χ3n) is 10.7. The van der Waals surface area contributed by atoms with Gasteiger partial charge in [-0.05, 0) is 83.3 Å². The van der Waals surface area contributed by atoms with Gasteiger partial charge in [-0.2, -0.15) is 0 Å². The van der Waals surface area contributed by atoms with Crippen LogP contribution >= 0.6 is 0 Å². The summed E-state index contributed by atoms with van der Waals surface area (Å²) in [6.45, 7) is 1.52. The van der Waals surface area contributed by atoms with Crippen LogP contribution in [0.2, 0.25) is 0 Å². The van der Waals surface area contributed by atoms with Crippen LogP contribution in [0.25, 0.3) is 44.3 Å². The fourth-order valence-electron chi connectivity index (χ4n) is 8.03. The highest BCUT2D eigenvalue weighted by Crippen LogP contribution is 2.35. The summed E-state index contributed by atoms with van der Waals surface area (Å²) < 4.78 is 0. The molecule has 52 heavy (non-hydrogen) atoms.